The molecule has 1 saturated carbocycles. The fourth-order valence-corrected chi connectivity index (χ4v) is 2.60. The molecule has 0 radical (unpaired) electrons. The maximum absolute atomic E-state index is 11.4. The third-order valence-corrected chi connectivity index (χ3v) is 3.69. The molecule has 1 unspecified atom stereocenters. The minimum atomic E-state index is -0.234. The highest BCUT2D eigenvalue weighted by atomic mass is 32.2. The van der Waals surface area contributed by atoms with E-state index in [9.17, 15) is 9.59 Å². The van der Waals surface area contributed by atoms with E-state index in [1.54, 1.807) is 0 Å². The minimum Gasteiger partial charge on any atom is -0.469 e. The molecule has 1 fully saturated rings. The molecule has 0 N–H and O–H groups in total. The van der Waals surface area contributed by atoms with Crippen LogP contribution >= 0.6 is 11.8 Å². The predicted octanol–water partition coefficient (Wildman–Crippen LogP) is 1.23. The van der Waals surface area contributed by atoms with Crippen LogP contribution in [0.2, 0.25) is 0 Å². The number of hydrogen-bond donors (Lipinski definition) is 0. The van der Waals surface area contributed by atoms with Crippen LogP contribution in [0.5, 0.6) is 0 Å². The van der Waals surface area contributed by atoms with Crippen molar-refractivity contribution in [2.45, 2.75) is 24.5 Å². The highest BCUT2D eigenvalue weighted by molar-refractivity contribution is 8.00. The van der Waals surface area contributed by atoms with Crippen molar-refractivity contribution in [3.05, 3.63) is 0 Å². The Balaban J connectivity index is 2.26. The zero-order valence-corrected chi connectivity index (χ0v) is 9.84. The van der Waals surface area contributed by atoms with E-state index >= 15 is 0 Å². The number of methoxy groups -OCH3 is 2. The topological polar surface area (TPSA) is 52.6 Å². The lowest BCUT2D eigenvalue weighted by Gasteiger charge is -2.12. The molecule has 0 aromatic carbocycles. The smallest absolute Gasteiger partial charge is 0.319 e. The van der Waals surface area contributed by atoms with Gasteiger partial charge >= 0.3 is 11.9 Å². The summed E-state index contributed by atoms with van der Waals surface area (Å²) in [7, 11) is 2.77. The Morgan fingerprint density at radius 2 is 2.00 bits per heavy atom. The van der Waals surface area contributed by atoms with Gasteiger partial charge in [-0.05, 0) is 18.8 Å². The second kappa shape index (κ2) is 6.00. The van der Waals surface area contributed by atoms with Gasteiger partial charge in [0.25, 0.3) is 0 Å². The first-order valence-electron chi connectivity index (χ1n) is 4.95. The lowest BCUT2D eigenvalue weighted by Crippen LogP contribution is -2.21. The molecule has 5 heteroatoms. The molecule has 0 heterocycles. The number of rotatable bonds is 6. The van der Waals surface area contributed by atoms with Crippen LogP contribution in [-0.2, 0) is 19.1 Å². The van der Waals surface area contributed by atoms with Crippen LogP contribution in [0.3, 0.4) is 0 Å². The van der Waals surface area contributed by atoms with Crippen LogP contribution in [0.4, 0.5) is 0 Å². The summed E-state index contributed by atoms with van der Waals surface area (Å²) in [5, 5.41) is -0.0975. The number of thioether (sulfide) groups is 1. The van der Waals surface area contributed by atoms with Crippen molar-refractivity contribution in [3.63, 3.8) is 0 Å². The SMILES string of the molecule is COC(=O)CCSC(C(=O)OC)C1CC1. The van der Waals surface area contributed by atoms with Gasteiger partial charge in [-0.25, -0.2) is 0 Å². The maximum Gasteiger partial charge on any atom is 0.319 e. The Kier molecular flexibility index (Phi) is 4.94. The standard InChI is InChI=1S/C10H16O4S/c1-13-8(11)5-6-15-9(7-3-4-7)10(12)14-2/h7,9H,3-6H2,1-2H3. The largest absolute Gasteiger partial charge is 0.469 e. The van der Waals surface area contributed by atoms with Crippen LogP contribution in [0.1, 0.15) is 19.3 Å². The summed E-state index contributed by atoms with van der Waals surface area (Å²) in [6.07, 6.45) is 2.53. The fraction of sp³-hybridized carbons (Fsp3) is 0.800. The van der Waals surface area contributed by atoms with E-state index in [1.807, 2.05) is 0 Å². The number of ether oxygens (including phenoxy) is 2. The van der Waals surface area contributed by atoms with Crippen LogP contribution < -0.4 is 0 Å². The molecule has 0 spiro atoms. The molecular weight excluding hydrogens is 216 g/mol. The Morgan fingerprint density at radius 1 is 1.33 bits per heavy atom. The van der Waals surface area contributed by atoms with Gasteiger partial charge in [-0.3, -0.25) is 9.59 Å². The first-order chi connectivity index (χ1) is 7.19. The molecule has 0 bridgehead atoms. The summed E-state index contributed by atoms with van der Waals surface area (Å²) in [6.45, 7) is 0. The molecule has 1 atom stereocenters. The maximum atomic E-state index is 11.4. The van der Waals surface area contributed by atoms with Crippen molar-refractivity contribution in [1.82, 2.24) is 0 Å². The van der Waals surface area contributed by atoms with Crippen LogP contribution in [0.15, 0.2) is 0 Å². The Morgan fingerprint density at radius 3 is 2.47 bits per heavy atom. The van der Waals surface area contributed by atoms with E-state index in [4.69, 9.17) is 4.74 Å². The van der Waals surface area contributed by atoms with E-state index < -0.39 is 0 Å². The molecule has 15 heavy (non-hydrogen) atoms. The normalized spacial score (nSPS) is 16.9. The van der Waals surface area contributed by atoms with E-state index in [0.29, 0.717) is 18.1 Å². The van der Waals surface area contributed by atoms with Gasteiger partial charge in [0, 0.05) is 5.75 Å². The quantitative estimate of drug-likeness (QED) is 0.645. The molecule has 86 valence electrons. The molecule has 1 rings (SSSR count). The van der Waals surface area contributed by atoms with Crippen molar-refractivity contribution in [2.75, 3.05) is 20.0 Å². The monoisotopic (exact) mass is 232 g/mol. The summed E-state index contributed by atoms with van der Waals surface area (Å²) >= 11 is 1.49. The average Bonchev–Trinajstić information content (AvgIpc) is 3.06. The van der Waals surface area contributed by atoms with Gasteiger partial charge in [-0.2, -0.15) is 0 Å². The zero-order valence-electron chi connectivity index (χ0n) is 9.02. The van der Waals surface area contributed by atoms with Gasteiger partial charge in [-0.1, -0.05) is 0 Å². The summed E-state index contributed by atoms with van der Waals surface area (Å²) in [4.78, 5) is 22.2. The van der Waals surface area contributed by atoms with Crippen molar-refractivity contribution >= 4 is 23.7 Å². The minimum absolute atomic E-state index is 0.0975. The van der Waals surface area contributed by atoms with Crippen LogP contribution in [0, 0.1) is 5.92 Å². The molecular formula is C10H16O4S. The second-order valence-corrected chi connectivity index (χ2v) is 4.73. The van der Waals surface area contributed by atoms with Crippen LogP contribution in [0.25, 0.3) is 0 Å². The van der Waals surface area contributed by atoms with Gasteiger partial charge in [-0.15, -0.1) is 11.8 Å². The van der Waals surface area contributed by atoms with Gasteiger partial charge in [0.15, 0.2) is 0 Å². The molecule has 4 nitrogen and oxygen atoms in total. The number of esters is 2. The highest BCUT2D eigenvalue weighted by Crippen LogP contribution is 2.39. The lowest BCUT2D eigenvalue weighted by molar-refractivity contribution is -0.141. The number of carbonyl (C=O) groups is 2. The van der Waals surface area contributed by atoms with Gasteiger partial charge in [0.05, 0.1) is 20.6 Å². The van der Waals surface area contributed by atoms with Crippen LogP contribution in [-0.4, -0.2) is 37.2 Å². The predicted molar refractivity (Wildman–Crippen MR) is 57.6 cm³/mol. The van der Waals surface area contributed by atoms with Crippen molar-refractivity contribution in [1.29, 1.82) is 0 Å². The molecule has 0 aliphatic heterocycles. The van der Waals surface area contributed by atoms with Crippen molar-refractivity contribution in [3.8, 4) is 0 Å². The van der Waals surface area contributed by atoms with Gasteiger partial charge in [0.1, 0.15) is 5.25 Å². The summed E-state index contributed by atoms with van der Waals surface area (Å²) in [5.41, 5.74) is 0. The number of hydrogen-bond acceptors (Lipinski definition) is 5. The van der Waals surface area contributed by atoms with Crippen molar-refractivity contribution in [2.24, 2.45) is 5.92 Å². The van der Waals surface area contributed by atoms with E-state index in [1.165, 1.54) is 26.0 Å². The molecule has 0 aromatic heterocycles. The number of carbonyl (C=O) groups excluding carboxylic acids is 2. The first kappa shape index (κ1) is 12.4. The first-order valence-corrected chi connectivity index (χ1v) is 6.00. The average molecular weight is 232 g/mol. The molecule has 0 saturated heterocycles. The Labute approximate surface area is 93.7 Å². The van der Waals surface area contributed by atoms with E-state index in [2.05, 4.69) is 4.74 Å². The molecule has 1 aliphatic rings. The zero-order chi connectivity index (χ0) is 11.3. The summed E-state index contributed by atoms with van der Waals surface area (Å²) in [6, 6.07) is 0. The fourth-order valence-electron chi connectivity index (χ4n) is 1.28. The Bertz CT molecular complexity index is 238. The Hall–Kier alpha value is -0.710. The third kappa shape index (κ3) is 4.11. The van der Waals surface area contributed by atoms with Crippen molar-refractivity contribution < 1.29 is 19.1 Å². The van der Waals surface area contributed by atoms with E-state index in [0.717, 1.165) is 12.8 Å². The summed E-state index contributed by atoms with van der Waals surface area (Å²) in [5.74, 6) is 0.650. The van der Waals surface area contributed by atoms with Gasteiger partial charge in [0.2, 0.25) is 0 Å². The second-order valence-electron chi connectivity index (χ2n) is 3.48. The molecule has 1 aliphatic carbocycles. The molecule has 0 aromatic rings. The third-order valence-electron chi connectivity index (χ3n) is 2.31. The highest BCUT2D eigenvalue weighted by Gasteiger charge is 2.37. The van der Waals surface area contributed by atoms with Gasteiger partial charge < -0.3 is 9.47 Å². The molecule has 0 amide bonds. The lowest BCUT2D eigenvalue weighted by atomic mass is 10.3. The summed E-state index contributed by atoms with van der Waals surface area (Å²) < 4.78 is 9.25. The van der Waals surface area contributed by atoms with E-state index in [-0.39, 0.29) is 17.2 Å².